The van der Waals surface area contributed by atoms with Crippen molar-refractivity contribution < 1.29 is 10.0 Å². The standard InChI is InChI=1S/C14H21N3O3/c1-10-5-6-16(9-14(10)18)8-11-3-4-12(15-2)13(7-11)17(19)20/h3-4,7,10,14-15,18H,5-6,8-9H2,1-2H3. The van der Waals surface area contributed by atoms with Crippen LogP contribution in [0, 0.1) is 16.0 Å². The van der Waals surface area contributed by atoms with Gasteiger partial charge in [0.2, 0.25) is 0 Å². The number of nitro benzene ring substituents is 1. The number of benzene rings is 1. The normalized spacial score (nSPS) is 23.6. The van der Waals surface area contributed by atoms with E-state index in [4.69, 9.17) is 0 Å². The highest BCUT2D eigenvalue weighted by molar-refractivity contribution is 5.62. The summed E-state index contributed by atoms with van der Waals surface area (Å²) in [5.74, 6) is 0.326. The smallest absolute Gasteiger partial charge is 0.292 e. The van der Waals surface area contributed by atoms with Crippen LogP contribution < -0.4 is 5.32 Å². The minimum Gasteiger partial charge on any atom is -0.392 e. The fourth-order valence-electron chi connectivity index (χ4n) is 2.55. The molecule has 0 saturated carbocycles. The van der Waals surface area contributed by atoms with Gasteiger partial charge in [0.1, 0.15) is 5.69 Å². The summed E-state index contributed by atoms with van der Waals surface area (Å²) in [5, 5.41) is 23.7. The number of aliphatic hydroxyl groups excluding tert-OH is 1. The third-order valence-corrected chi connectivity index (χ3v) is 3.94. The molecule has 20 heavy (non-hydrogen) atoms. The van der Waals surface area contributed by atoms with E-state index in [1.54, 1.807) is 19.2 Å². The van der Waals surface area contributed by atoms with Crippen molar-refractivity contribution in [1.82, 2.24) is 4.90 Å². The second-order valence-corrected chi connectivity index (χ2v) is 5.43. The van der Waals surface area contributed by atoms with E-state index in [0.717, 1.165) is 18.5 Å². The van der Waals surface area contributed by atoms with Gasteiger partial charge in [0.25, 0.3) is 5.69 Å². The Morgan fingerprint density at radius 3 is 2.90 bits per heavy atom. The summed E-state index contributed by atoms with van der Waals surface area (Å²) in [6, 6.07) is 5.23. The number of β-amino-alcohol motifs (C(OH)–C–C–N with tert-alkyl or cyclic N) is 1. The molecule has 0 spiro atoms. The van der Waals surface area contributed by atoms with Crippen molar-refractivity contribution in [3.8, 4) is 0 Å². The molecule has 1 aromatic carbocycles. The van der Waals surface area contributed by atoms with Crippen molar-refractivity contribution in [2.45, 2.75) is 26.0 Å². The Labute approximate surface area is 118 Å². The van der Waals surface area contributed by atoms with Gasteiger partial charge in [-0.2, -0.15) is 0 Å². The van der Waals surface area contributed by atoms with Gasteiger partial charge in [0.05, 0.1) is 11.0 Å². The lowest BCUT2D eigenvalue weighted by atomic mass is 9.96. The number of anilines is 1. The fraction of sp³-hybridized carbons (Fsp3) is 0.571. The van der Waals surface area contributed by atoms with Crippen LogP contribution in [0.5, 0.6) is 0 Å². The number of likely N-dealkylation sites (tertiary alicyclic amines) is 1. The minimum atomic E-state index is -0.373. The molecule has 6 heteroatoms. The Hall–Kier alpha value is -1.66. The van der Waals surface area contributed by atoms with Gasteiger partial charge in [-0.05, 0) is 30.5 Å². The Balaban J connectivity index is 2.10. The lowest BCUT2D eigenvalue weighted by Gasteiger charge is -2.34. The second-order valence-electron chi connectivity index (χ2n) is 5.43. The van der Waals surface area contributed by atoms with Crippen molar-refractivity contribution >= 4 is 11.4 Å². The number of nitrogens with zero attached hydrogens (tertiary/aromatic N) is 2. The maximum atomic E-state index is 11.0. The molecule has 2 atom stereocenters. The van der Waals surface area contributed by atoms with E-state index in [2.05, 4.69) is 17.1 Å². The molecule has 0 amide bonds. The molecule has 1 aliphatic rings. The average molecular weight is 279 g/mol. The summed E-state index contributed by atoms with van der Waals surface area (Å²) in [7, 11) is 1.67. The van der Waals surface area contributed by atoms with Crippen molar-refractivity contribution in [1.29, 1.82) is 0 Å². The molecule has 6 nitrogen and oxygen atoms in total. The van der Waals surface area contributed by atoms with E-state index >= 15 is 0 Å². The van der Waals surface area contributed by atoms with Crippen LogP contribution >= 0.6 is 0 Å². The zero-order chi connectivity index (χ0) is 14.7. The van der Waals surface area contributed by atoms with Crippen molar-refractivity contribution in [3.05, 3.63) is 33.9 Å². The second kappa shape index (κ2) is 6.19. The lowest BCUT2D eigenvalue weighted by Crippen LogP contribution is -2.42. The van der Waals surface area contributed by atoms with E-state index in [-0.39, 0.29) is 16.7 Å². The number of piperidine rings is 1. The predicted molar refractivity (Wildman–Crippen MR) is 77.7 cm³/mol. The monoisotopic (exact) mass is 279 g/mol. The van der Waals surface area contributed by atoms with E-state index in [0.29, 0.717) is 24.7 Å². The molecule has 2 rings (SSSR count). The maximum absolute atomic E-state index is 11.0. The van der Waals surface area contributed by atoms with Gasteiger partial charge in [-0.3, -0.25) is 15.0 Å². The van der Waals surface area contributed by atoms with E-state index in [1.165, 1.54) is 0 Å². The number of aliphatic hydroxyl groups is 1. The van der Waals surface area contributed by atoms with Gasteiger partial charge in [-0.1, -0.05) is 13.0 Å². The van der Waals surface area contributed by atoms with Crippen molar-refractivity contribution in [2.24, 2.45) is 5.92 Å². The topological polar surface area (TPSA) is 78.6 Å². The molecule has 1 fully saturated rings. The van der Waals surface area contributed by atoms with Crippen LogP contribution in [0.4, 0.5) is 11.4 Å². The van der Waals surface area contributed by atoms with Gasteiger partial charge in [0, 0.05) is 26.2 Å². The number of nitro groups is 1. The Morgan fingerprint density at radius 2 is 2.30 bits per heavy atom. The highest BCUT2D eigenvalue weighted by atomic mass is 16.6. The minimum absolute atomic E-state index is 0.0934. The largest absolute Gasteiger partial charge is 0.392 e. The summed E-state index contributed by atoms with van der Waals surface area (Å²) in [6.45, 7) is 4.23. The SMILES string of the molecule is CNc1ccc(CN2CCC(C)C(O)C2)cc1[N+](=O)[O-]. The molecule has 1 saturated heterocycles. The first-order chi connectivity index (χ1) is 9.51. The number of nitrogens with one attached hydrogen (secondary N) is 1. The summed E-state index contributed by atoms with van der Waals surface area (Å²) in [5.41, 5.74) is 1.51. The van der Waals surface area contributed by atoms with Gasteiger partial charge in [-0.25, -0.2) is 0 Å². The Kier molecular flexibility index (Phi) is 4.57. The van der Waals surface area contributed by atoms with Gasteiger partial charge < -0.3 is 10.4 Å². The zero-order valence-corrected chi connectivity index (χ0v) is 11.9. The first-order valence-corrected chi connectivity index (χ1v) is 6.86. The fourth-order valence-corrected chi connectivity index (χ4v) is 2.55. The van der Waals surface area contributed by atoms with Crippen LogP contribution in [0.15, 0.2) is 18.2 Å². The summed E-state index contributed by atoms with van der Waals surface area (Å²) >= 11 is 0. The summed E-state index contributed by atoms with van der Waals surface area (Å²) < 4.78 is 0. The van der Waals surface area contributed by atoms with Gasteiger partial charge in [-0.15, -0.1) is 0 Å². The average Bonchev–Trinajstić information content (AvgIpc) is 2.43. The molecule has 1 heterocycles. The maximum Gasteiger partial charge on any atom is 0.292 e. The molecule has 1 aliphatic heterocycles. The molecular weight excluding hydrogens is 258 g/mol. The highest BCUT2D eigenvalue weighted by Gasteiger charge is 2.24. The number of hydrogen-bond donors (Lipinski definition) is 2. The van der Waals surface area contributed by atoms with Crippen LogP contribution in [0.25, 0.3) is 0 Å². The number of hydrogen-bond acceptors (Lipinski definition) is 5. The molecule has 0 aromatic heterocycles. The van der Waals surface area contributed by atoms with Gasteiger partial charge >= 0.3 is 0 Å². The van der Waals surface area contributed by atoms with E-state index < -0.39 is 0 Å². The first kappa shape index (κ1) is 14.7. The van der Waals surface area contributed by atoms with Crippen LogP contribution in [0.1, 0.15) is 18.9 Å². The third-order valence-electron chi connectivity index (χ3n) is 3.94. The van der Waals surface area contributed by atoms with E-state index in [9.17, 15) is 15.2 Å². The molecule has 0 aliphatic carbocycles. The predicted octanol–water partition coefficient (Wildman–Crippen LogP) is 1.84. The Bertz CT molecular complexity index is 493. The molecular formula is C14H21N3O3. The number of rotatable bonds is 4. The summed E-state index contributed by atoms with van der Waals surface area (Å²) in [6.07, 6.45) is 0.646. The molecule has 0 bridgehead atoms. The zero-order valence-electron chi connectivity index (χ0n) is 11.9. The summed E-state index contributed by atoms with van der Waals surface area (Å²) in [4.78, 5) is 12.8. The highest BCUT2D eigenvalue weighted by Crippen LogP contribution is 2.26. The lowest BCUT2D eigenvalue weighted by molar-refractivity contribution is -0.384. The van der Waals surface area contributed by atoms with Crippen molar-refractivity contribution in [2.75, 3.05) is 25.5 Å². The third kappa shape index (κ3) is 3.26. The van der Waals surface area contributed by atoms with Crippen LogP contribution in [-0.2, 0) is 6.54 Å². The van der Waals surface area contributed by atoms with Crippen LogP contribution in [0.3, 0.4) is 0 Å². The molecule has 1 aromatic rings. The van der Waals surface area contributed by atoms with E-state index in [1.807, 2.05) is 6.07 Å². The molecule has 2 N–H and O–H groups in total. The van der Waals surface area contributed by atoms with Crippen LogP contribution in [-0.4, -0.2) is 41.2 Å². The first-order valence-electron chi connectivity index (χ1n) is 6.86. The van der Waals surface area contributed by atoms with Crippen LogP contribution in [0.2, 0.25) is 0 Å². The van der Waals surface area contributed by atoms with Gasteiger partial charge in [0.15, 0.2) is 0 Å². The molecule has 2 unspecified atom stereocenters. The molecule has 0 radical (unpaired) electrons. The molecule has 110 valence electrons. The quantitative estimate of drug-likeness (QED) is 0.649. The van der Waals surface area contributed by atoms with Crippen molar-refractivity contribution in [3.63, 3.8) is 0 Å². The Morgan fingerprint density at radius 1 is 1.55 bits per heavy atom.